The van der Waals surface area contributed by atoms with Crippen LogP contribution in [0.3, 0.4) is 0 Å². The number of hydrogen-bond acceptors (Lipinski definition) is 1. The van der Waals surface area contributed by atoms with Gasteiger partial charge in [-0.2, -0.15) is 0 Å². The molecule has 0 bridgehead atoms. The maximum Gasteiger partial charge on any atom is 0.227 e. The van der Waals surface area contributed by atoms with Gasteiger partial charge in [-0.15, -0.1) is 0 Å². The van der Waals surface area contributed by atoms with Crippen molar-refractivity contribution in [2.75, 3.05) is 11.4 Å². The fourth-order valence-corrected chi connectivity index (χ4v) is 5.34. The molecule has 1 heterocycles. The number of amides is 1. The highest BCUT2D eigenvalue weighted by atomic mass is 16.2. The summed E-state index contributed by atoms with van der Waals surface area (Å²) in [5, 5.41) is 0. The van der Waals surface area contributed by atoms with Gasteiger partial charge in [0.2, 0.25) is 5.91 Å². The summed E-state index contributed by atoms with van der Waals surface area (Å²) in [6.45, 7) is 28.2. The minimum absolute atomic E-state index is 0.0318. The van der Waals surface area contributed by atoms with Gasteiger partial charge in [0.1, 0.15) is 0 Å². The first kappa shape index (κ1) is 30.1. The molecule has 0 aromatic heterocycles. The summed E-state index contributed by atoms with van der Waals surface area (Å²) in [5.41, 5.74) is 11.3. The largest absolute Gasteiger partial charge is 0.312 e. The van der Waals surface area contributed by atoms with Gasteiger partial charge in [-0.1, -0.05) is 119 Å². The number of rotatable bonds is 3. The molecule has 4 rings (SSSR count). The van der Waals surface area contributed by atoms with Crippen LogP contribution in [0.4, 0.5) is 5.69 Å². The van der Waals surface area contributed by atoms with Crippen molar-refractivity contribution < 1.29 is 4.79 Å². The first-order chi connectivity index (χ1) is 18.2. The number of benzene rings is 3. The Labute approximate surface area is 244 Å². The highest BCUT2D eigenvalue weighted by molar-refractivity contribution is 5.97. The molecule has 0 radical (unpaired) electrons. The van der Waals surface area contributed by atoms with Gasteiger partial charge in [-0.3, -0.25) is 4.79 Å². The molecule has 1 saturated heterocycles. The Balaban J connectivity index is 2.02. The predicted molar refractivity (Wildman–Crippen MR) is 174 cm³/mol. The Morgan fingerprint density at radius 3 is 1.07 bits per heavy atom. The molecule has 214 valence electrons. The highest BCUT2D eigenvalue weighted by Crippen LogP contribution is 2.40. The lowest BCUT2D eigenvalue weighted by Crippen LogP contribution is -2.23. The van der Waals surface area contributed by atoms with E-state index in [0.717, 1.165) is 18.7 Å². The topological polar surface area (TPSA) is 20.3 Å². The SMILES string of the molecule is CC(C)(C)c1cc(-c2cc(-c3cc(C(C)(C)C)cc(C(C)(C)C)c3)cc(N3CCCC3=O)c2)cc(C(C)(C)C)c1. The maximum absolute atomic E-state index is 12.9. The molecular weight excluding hydrogens is 486 g/mol. The molecule has 0 aliphatic carbocycles. The second-order valence-electron chi connectivity index (χ2n) is 16.0. The normalized spacial score (nSPS) is 15.2. The summed E-state index contributed by atoms with van der Waals surface area (Å²) in [6, 6.07) is 21.0. The van der Waals surface area contributed by atoms with Crippen LogP contribution >= 0.6 is 0 Å². The van der Waals surface area contributed by atoms with Crippen LogP contribution in [0.1, 0.15) is 118 Å². The van der Waals surface area contributed by atoms with Crippen molar-refractivity contribution in [1.29, 1.82) is 0 Å². The van der Waals surface area contributed by atoms with Crippen LogP contribution in [0.15, 0.2) is 54.6 Å². The van der Waals surface area contributed by atoms with Gasteiger partial charge in [0.15, 0.2) is 0 Å². The zero-order chi connectivity index (χ0) is 29.8. The van der Waals surface area contributed by atoms with Crippen molar-refractivity contribution in [2.45, 2.75) is 118 Å². The van der Waals surface area contributed by atoms with Gasteiger partial charge in [0.25, 0.3) is 0 Å². The fraction of sp³-hybridized carbons (Fsp3) is 0.500. The van der Waals surface area contributed by atoms with E-state index in [-0.39, 0.29) is 27.6 Å². The van der Waals surface area contributed by atoms with Crippen molar-refractivity contribution >= 4 is 11.6 Å². The second kappa shape index (κ2) is 10.2. The van der Waals surface area contributed by atoms with E-state index < -0.39 is 0 Å². The van der Waals surface area contributed by atoms with Crippen LogP contribution in [-0.4, -0.2) is 12.5 Å². The molecule has 40 heavy (non-hydrogen) atoms. The third-order valence-corrected chi connectivity index (χ3v) is 8.30. The summed E-state index contributed by atoms with van der Waals surface area (Å²) in [7, 11) is 0. The molecule has 0 spiro atoms. The van der Waals surface area contributed by atoms with Crippen molar-refractivity contribution in [3.8, 4) is 22.3 Å². The molecule has 0 unspecified atom stereocenters. The zero-order valence-corrected chi connectivity index (χ0v) is 27.2. The van der Waals surface area contributed by atoms with Crippen LogP contribution in [0.2, 0.25) is 0 Å². The molecule has 0 saturated carbocycles. The minimum atomic E-state index is 0.0318. The molecule has 2 heteroatoms. The predicted octanol–water partition coefficient (Wildman–Crippen LogP) is 10.3. The molecule has 2 nitrogen and oxygen atoms in total. The van der Waals surface area contributed by atoms with E-state index >= 15 is 0 Å². The number of carbonyl (C=O) groups is 1. The highest BCUT2D eigenvalue weighted by Gasteiger charge is 2.26. The maximum atomic E-state index is 12.9. The van der Waals surface area contributed by atoms with E-state index in [1.165, 1.54) is 44.5 Å². The van der Waals surface area contributed by atoms with E-state index in [1.807, 2.05) is 4.90 Å². The minimum Gasteiger partial charge on any atom is -0.312 e. The van der Waals surface area contributed by atoms with Gasteiger partial charge >= 0.3 is 0 Å². The van der Waals surface area contributed by atoms with Crippen LogP contribution in [0.25, 0.3) is 22.3 Å². The third kappa shape index (κ3) is 6.54. The standard InChI is InChI=1S/C38H51NO/c1-35(2,3)29-17-27(18-30(23-29)36(4,5)6)25-16-26(22-33(21-25)39-15-13-14-34(39)40)28-19-31(37(7,8)9)24-32(20-28)38(10,11)12/h16-24H,13-15H2,1-12H3. The van der Waals surface area contributed by atoms with Gasteiger partial charge in [0.05, 0.1) is 0 Å². The average Bonchev–Trinajstić information content (AvgIpc) is 3.27. The smallest absolute Gasteiger partial charge is 0.227 e. The first-order valence-electron chi connectivity index (χ1n) is 15.0. The Kier molecular flexibility index (Phi) is 7.67. The van der Waals surface area contributed by atoms with Crippen LogP contribution < -0.4 is 4.90 Å². The molecular formula is C38H51NO. The Hall–Kier alpha value is -2.87. The number of anilines is 1. The van der Waals surface area contributed by atoms with Gasteiger partial charge in [-0.25, -0.2) is 0 Å². The first-order valence-corrected chi connectivity index (χ1v) is 15.0. The lowest BCUT2D eigenvalue weighted by Gasteiger charge is -2.27. The van der Waals surface area contributed by atoms with Crippen molar-refractivity contribution in [3.63, 3.8) is 0 Å². The number of hydrogen-bond donors (Lipinski definition) is 0. The second-order valence-corrected chi connectivity index (χ2v) is 16.0. The molecule has 1 aliphatic rings. The molecule has 0 N–H and O–H groups in total. The Bertz CT molecular complexity index is 1260. The van der Waals surface area contributed by atoms with E-state index in [9.17, 15) is 4.79 Å². The fourth-order valence-electron chi connectivity index (χ4n) is 5.34. The summed E-state index contributed by atoms with van der Waals surface area (Å²) in [4.78, 5) is 14.9. The Morgan fingerprint density at radius 1 is 0.475 bits per heavy atom. The molecule has 1 aliphatic heterocycles. The third-order valence-electron chi connectivity index (χ3n) is 8.30. The quantitative estimate of drug-likeness (QED) is 0.325. The molecule has 1 fully saturated rings. The lowest BCUT2D eigenvalue weighted by molar-refractivity contribution is -0.117. The summed E-state index contributed by atoms with van der Waals surface area (Å²) >= 11 is 0. The number of nitrogens with zero attached hydrogens (tertiary/aromatic N) is 1. The zero-order valence-electron chi connectivity index (χ0n) is 27.2. The van der Waals surface area contributed by atoms with Crippen LogP contribution in [0.5, 0.6) is 0 Å². The molecule has 3 aromatic rings. The van der Waals surface area contributed by atoms with Crippen molar-refractivity contribution in [3.05, 3.63) is 76.9 Å². The van der Waals surface area contributed by atoms with Gasteiger partial charge in [0, 0.05) is 18.7 Å². The summed E-state index contributed by atoms with van der Waals surface area (Å²) in [6.07, 6.45) is 1.54. The number of carbonyl (C=O) groups excluding carboxylic acids is 1. The van der Waals surface area contributed by atoms with Gasteiger partial charge < -0.3 is 4.90 Å². The summed E-state index contributed by atoms with van der Waals surface area (Å²) in [5.74, 6) is 0.223. The van der Waals surface area contributed by atoms with E-state index in [0.29, 0.717) is 6.42 Å². The summed E-state index contributed by atoms with van der Waals surface area (Å²) < 4.78 is 0. The molecule has 3 aromatic carbocycles. The van der Waals surface area contributed by atoms with Gasteiger partial charge in [-0.05, 0) is 90.8 Å². The molecule has 1 amide bonds. The van der Waals surface area contributed by atoms with E-state index in [4.69, 9.17) is 0 Å². The van der Waals surface area contributed by atoms with Crippen molar-refractivity contribution in [1.82, 2.24) is 0 Å². The van der Waals surface area contributed by atoms with E-state index in [2.05, 4.69) is 138 Å². The monoisotopic (exact) mass is 537 g/mol. The lowest BCUT2D eigenvalue weighted by atomic mass is 9.78. The average molecular weight is 538 g/mol. The Morgan fingerprint density at radius 2 is 0.800 bits per heavy atom. The van der Waals surface area contributed by atoms with Crippen LogP contribution in [-0.2, 0) is 26.5 Å². The van der Waals surface area contributed by atoms with Crippen molar-refractivity contribution in [2.24, 2.45) is 0 Å². The van der Waals surface area contributed by atoms with E-state index in [1.54, 1.807) is 0 Å². The van der Waals surface area contributed by atoms with Crippen LogP contribution in [0, 0.1) is 0 Å². The molecule has 0 atom stereocenters.